The van der Waals surface area contributed by atoms with Gasteiger partial charge in [0.05, 0.1) is 7.11 Å². The molecule has 0 spiro atoms. The van der Waals surface area contributed by atoms with Gasteiger partial charge in [-0.05, 0) is 24.1 Å². The van der Waals surface area contributed by atoms with E-state index in [4.69, 9.17) is 4.74 Å². The van der Waals surface area contributed by atoms with Crippen LogP contribution in [-0.2, 0) is 0 Å². The highest BCUT2D eigenvalue weighted by atomic mass is 79.9. The van der Waals surface area contributed by atoms with Crippen LogP contribution in [0.4, 0.5) is 0 Å². The SMILES string of the molecule is C=C(CBr)c1cc(C)nc(OC)c1. The Labute approximate surface area is 86.8 Å². The Morgan fingerprint density at radius 3 is 2.85 bits per heavy atom. The molecule has 0 aliphatic heterocycles. The van der Waals surface area contributed by atoms with E-state index in [1.807, 2.05) is 19.1 Å². The summed E-state index contributed by atoms with van der Waals surface area (Å²) < 4.78 is 5.06. The monoisotopic (exact) mass is 241 g/mol. The van der Waals surface area contributed by atoms with Crippen molar-refractivity contribution in [2.45, 2.75) is 6.92 Å². The Bertz CT molecular complexity index is 323. The number of aryl methyl sites for hydroxylation is 1. The molecule has 0 fully saturated rings. The summed E-state index contributed by atoms with van der Waals surface area (Å²) in [6, 6.07) is 3.88. The van der Waals surface area contributed by atoms with Crippen molar-refractivity contribution in [1.29, 1.82) is 0 Å². The van der Waals surface area contributed by atoms with Crippen LogP contribution in [0, 0.1) is 6.92 Å². The summed E-state index contributed by atoms with van der Waals surface area (Å²) in [4.78, 5) is 4.19. The lowest BCUT2D eigenvalue weighted by molar-refractivity contribution is 0.397. The van der Waals surface area contributed by atoms with E-state index in [9.17, 15) is 0 Å². The van der Waals surface area contributed by atoms with Gasteiger partial charge in [-0.2, -0.15) is 0 Å². The van der Waals surface area contributed by atoms with Gasteiger partial charge in [0.15, 0.2) is 0 Å². The molecular formula is C10H12BrNO. The van der Waals surface area contributed by atoms with E-state index in [2.05, 4.69) is 27.5 Å². The van der Waals surface area contributed by atoms with Crippen LogP contribution in [0.1, 0.15) is 11.3 Å². The molecule has 0 unspecified atom stereocenters. The maximum atomic E-state index is 5.06. The van der Waals surface area contributed by atoms with Gasteiger partial charge in [0, 0.05) is 17.1 Å². The number of pyridine rings is 1. The van der Waals surface area contributed by atoms with Crippen LogP contribution in [0.3, 0.4) is 0 Å². The summed E-state index contributed by atoms with van der Waals surface area (Å²) in [6.45, 7) is 5.87. The molecule has 0 aromatic carbocycles. The summed E-state index contributed by atoms with van der Waals surface area (Å²) in [5.74, 6) is 0.636. The predicted octanol–water partition coefficient (Wildman–Crippen LogP) is 2.81. The molecule has 0 saturated heterocycles. The van der Waals surface area contributed by atoms with Gasteiger partial charge in [-0.15, -0.1) is 0 Å². The third kappa shape index (κ3) is 2.56. The number of nitrogens with zero attached hydrogens (tertiary/aromatic N) is 1. The molecule has 1 rings (SSSR count). The average molecular weight is 242 g/mol. The lowest BCUT2D eigenvalue weighted by Gasteiger charge is -2.05. The van der Waals surface area contributed by atoms with Gasteiger partial charge in [-0.1, -0.05) is 22.5 Å². The van der Waals surface area contributed by atoms with Crippen molar-refractivity contribution in [3.05, 3.63) is 30.0 Å². The molecule has 0 N–H and O–H groups in total. The summed E-state index contributed by atoms with van der Waals surface area (Å²) in [5.41, 5.74) is 3.04. The zero-order valence-electron chi connectivity index (χ0n) is 7.80. The minimum Gasteiger partial charge on any atom is -0.481 e. The van der Waals surface area contributed by atoms with E-state index < -0.39 is 0 Å². The number of alkyl halides is 1. The highest BCUT2D eigenvalue weighted by molar-refractivity contribution is 9.09. The maximum Gasteiger partial charge on any atom is 0.213 e. The second-order valence-corrected chi connectivity index (χ2v) is 3.34. The fourth-order valence-corrected chi connectivity index (χ4v) is 1.35. The van der Waals surface area contributed by atoms with Crippen molar-refractivity contribution in [3.8, 4) is 5.88 Å². The topological polar surface area (TPSA) is 22.1 Å². The zero-order valence-corrected chi connectivity index (χ0v) is 9.39. The third-order valence-corrected chi connectivity index (χ3v) is 2.39. The van der Waals surface area contributed by atoms with Crippen LogP contribution >= 0.6 is 15.9 Å². The molecule has 0 saturated carbocycles. The predicted molar refractivity (Wildman–Crippen MR) is 58.4 cm³/mol. The number of methoxy groups -OCH3 is 1. The molecule has 13 heavy (non-hydrogen) atoms. The van der Waals surface area contributed by atoms with Crippen molar-refractivity contribution >= 4 is 21.5 Å². The van der Waals surface area contributed by atoms with Gasteiger partial charge >= 0.3 is 0 Å². The van der Waals surface area contributed by atoms with E-state index in [0.29, 0.717) is 5.88 Å². The molecule has 0 bridgehead atoms. The first-order valence-corrected chi connectivity index (χ1v) is 5.06. The van der Waals surface area contributed by atoms with E-state index in [1.165, 1.54) is 0 Å². The van der Waals surface area contributed by atoms with Gasteiger partial charge in [-0.25, -0.2) is 4.98 Å². The first-order chi connectivity index (χ1) is 6.17. The summed E-state index contributed by atoms with van der Waals surface area (Å²) in [6.07, 6.45) is 0. The molecular weight excluding hydrogens is 230 g/mol. The van der Waals surface area contributed by atoms with Crippen LogP contribution in [0.15, 0.2) is 18.7 Å². The number of ether oxygens (including phenoxy) is 1. The van der Waals surface area contributed by atoms with Crippen LogP contribution in [0.25, 0.3) is 5.57 Å². The van der Waals surface area contributed by atoms with Crippen molar-refractivity contribution in [2.24, 2.45) is 0 Å². The summed E-state index contributed by atoms with van der Waals surface area (Å²) in [7, 11) is 1.61. The van der Waals surface area contributed by atoms with Gasteiger partial charge in [0.1, 0.15) is 0 Å². The number of halogens is 1. The van der Waals surface area contributed by atoms with E-state index >= 15 is 0 Å². The number of hydrogen-bond acceptors (Lipinski definition) is 2. The lowest BCUT2D eigenvalue weighted by atomic mass is 10.1. The second-order valence-electron chi connectivity index (χ2n) is 2.78. The van der Waals surface area contributed by atoms with Crippen molar-refractivity contribution in [2.75, 3.05) is 12.4 Å². The Kier molecular flexibility index (Phi) is 3.48. The molecule has 0 aliphatic rings. The molecule has 70 valence electrons. The maximum absolute atomic E-state index is 5.06. The fraction of sp³-hybridized carbons (Fsp3) is 0.300. The number of allylic oxidation sites excluding steroid dienone is 1. The molecule has 2 nitrogen and oxygen atoms in total. The minimum absolute atomic E-state index is 0.636. The van der Waals surface area contributed by atoms with Crippen molar-refractivity contribution < 1.29 is 4.74 Å². The fourth-order valence-electron chi connectivity index (χ4n) is 1.02. The van der Waals surface area contributed by atoms with E-state index in [1.54, 1.807) is 7.11 Å². The Morgan fingerprint density at radius 1 is 1.62 bits per heavy atom. The summed E-state index contributed by atoms with van der Waals surface area (Å²) in [5, 5.41) is 0.763. The van der Waals surface area contributed by atoms with Crippen molar-refractivity contribution in [3.63, 3.8) is 0 Å². The molecule has 1 aromatic heterocycles. The second kappa shape index (κ2) is 4.42. The van der Waals surface area contributed by atoms with Crippen LogP contribution < -0.4 is 4.74 Å². The highest BCUT2D eigenvalue weighted by Gasteiger charge is 2.02. The van der Waals surface area contributed by atoms with Gasteiger partial charge in [0.25, 0.3) is 0 Å². The van der Waals surface area contributed by atoms with E-state index in [0.717, 1.165) is 22.2 Å². The first-order valence-electron chi connectivity index (χ1n) is 3.94. The number of hydrogen-bond donors (Lipinski definition) is 0. The molecule has 0 amide bonds. The number of rotatable bonds is 3. The minimum atomic E-state index is 0.636. The first kappa shape index (κ1) is 10.3. The highest BCUT2D eigenvalue weighted by Crippen LogP contribution is 2.19. The largest absolute Gasteiger partial charge is 0.481 e. The standard InChI is InChI=1S/C10H12BrNO/c1-7(6-11)9-4-8(2)12-10(5-9)13-3/h4-5H,1,6H2,2-3H3. The van der Waals surface area contributed by atoms with Crippen LogP contribution in [0.5, 0.6) is 5.88 Å². The molecule has 3 heteroatoms. The van der Waals surface area contributed by atoms with Gasteiger partial charge in [0.2, 0.25) is 5.88 Å². The van der Waals surface area contributed by atoms with Gasteiger partial charge in [-0.3, -0.25) is 0 Å². The molecule has 1 aromatic rings. The average Bonchev–Trinajstić information content (AvgIpc) is 2.15. The summed E-state index contributed by atoms with van der Waals surface area (Å²) >= 11 is 3.36. The smallest absolute Gasteiger partial charge is 0.213 e. The lowest BCUT2D eigenvalue weighted by Crippen LogP contribution is -1.93. The normalized spacial score (nSPS) is 9.77. The van der Waals surface area contributed by atoms with Crippen molar-refractivity contribution in [1.82, 2.24) is 4.98 Å². The van der Waals surface area contributed by atoms with Crippen LogP contribution in [-0.4, -0.2) is 17.4 Å². The third-order valence-electron chi connectivity index (χ3n) is 1.71. The Balaban J connectivity index is 3.08. The Hall–Kier alpha value is -0.830. The van der Waals surface area contributed by atoms with Crippen LogP contribution in [0.2, 0.25) is 0 Å². The number of aromatic nitrogens is 1. The Morgan fingerprint density at radius 2 is 2.31 bits per heavy atom. The molecule has 0 aliphatic carbocycles. The molecule has 1 heterocycles. The molecule has 0 radical (unpaired) electrons. The zero-order chi connectivity index (χ0) is 9.84. The quantitative estimate of drug-likeness (QED) is 0.760. The van der Waals surface area contributed by atoms with Gasteiger partial charge < -0.3 is 4.74 Å². The molecule has 0 atom stereocenters. The van der Waals surface area contributed by atoms with E-state index in [-0.39, 0.29) is 0 Å².